The van der Waals surface area contributed by atoms with Crippen molar-refractivity contribution in [2.45, 2.75) is 44.9 Å². The van der Waals surface area contributed by atoms with E-state index in [2.05, 4.69) is 11.4 Å². The summed E-state index contributed by atoms with van der Waals surface area (Å²) >= 11 is 6.07. The smallest absolute Gasteiger partial charge is 0.220 e. The Labute approximate surface area is 126 Å². The van der Waals surface area contributed by atoms with E-state index in [0.29, 0.717) is 12.8 Å². The third-order valence-corrected chi connectivity index (χ3v) is 4.10. The van der Waals surface area contributed by atoms with E-state index in [1.807, 2.05) is 24.3 Å². The molecule has 3 heteroatoms. The van der Waals surface area contributed by atoms with Crippen LogP contribution in [-0.2, 0) is 11.2 Å². The van der Waals surface area contributed by atoms with E-state index in [9.17, 15) is 4.79 Å². The molecule has 0 saturated heterocycles. The first kappa shape index (κ1) is 15.1. The van der Waals surface area contributed by atoms with Gasteiger partial charge in [0.05, 0.1) is 0 Å². The minimum atomic E-state index is 0.112. The van der Waals surface area contributed by atoms with Gasteiger partial charge in [0.1, 0.15) is 0 Å². The van der Waals surface area contributed by atoms with Crippen molar-refractivity contribution in [2.24, 2.45) is 0 Å². The molecule has 0 radical (unpaired) electrons. The Morgan fingerprint density at radius 3 is 2.80 bits per heavy atom. The molecule has 0 spiro atoms. The standard InChI is InChI=1S/C17H22ClNO/c18-16-9-5-4-8-15(16)10-11-17(20)19-13-12-14-6-2-1-3-7-14/h4-6,8-9H,1-3,7,10-13H2,(H,19,20). The summed E-state index contributed by atoms with van der Waals surface area (Å²) in [5, 5.41) is 3.74. The summed E-state index contributed by atoms with van der Waals surface area (Å²) in [4.78, 5) is 11.8. The highest BCUT2D eigenvalue weighted by Crippen LogP contribution is 2.19. The predicted molar refractivity (Wildman–Crippen MR) is 84.0 cm³/mol. The van der Waals surface area contributed by atoms with E-state index >= 15 is 0 Å². The molecule has 1 N–H and O–H groups in total. The van der Waals surface area contributed by atoms with Crippen LogP contribution in [0, 0.1) is 0 Å². The first-order valence-corrected chi connectivity index (χ1v) is 7.81. The maximum absolute atomic E-state index is 11.8. The van der Waals surface area contributed by atoms with E-state index in [4.69, 9.17) is 11.6 Å². The number of aryl methyl sites for hydroxylation is 1. The maximum atomic E-state index is 11.8. The molecular formula is C17H22ClNO. The first-order valence-electron chi connectivity index (χ1n) is 7.44. The van der Waals surface area contributed by atoms with Crippen LogP contribution < -0.4 is 5.32 Å². The summed E-state index contributed by atoms with van der Waals surface area (Å²) in [7, 11) is 0. The van der Waals surface area contributed by atoms with Crippen LogP contribution in [0.5, 0.6) is 0 Å². The molecule has 2 rings (SSSR count). The molecule has 1 aromatic rings. The van der Waals surface area contributed by atoms with Crippen LogP contribution in [0.1, 0.15) is 44.1 Å². The molecule has 1 amide bonds. The highest BCUT2D eigenvalue weighted by atomic mass is 35.5. The van der Waals surface area contributed by atoms with Crippen LogP contribution in [0.2, 0.25) is 5.02 Å². The van der Waals surface area contributed by atoms with Crippen molar-refractivity contribution < 1.29 is 4.79 Å². The van der Waals surface area contributed by atoms with Gasteiger partial charge in [0, 0.05) is 18.0 Å². The van der Waals surface area contributed by atoms with E-state index in [1.54, 1.807) is 0 Å². The number of nitrogens with one attached hydrogen (secondary N) is 1. The summed E-state index contributed by atoms with van der Waals surface area (Å²) < 4.78 is 0. The van der Waals surface area contributed by atoms with Gasteiger partial charge in [-0.1, -0.05) is 41.4 Å². The minimum absolute atomic E-state index is 0.112. The third kappa shape index (κ3) is 5.01. The van der Waals surface area contributed by atoms with Gasteiger partial charge in [-0.15, -0.1) is 0 Å². The molecular weight excluding hydrogens is 270 g/mol. The summed E-state index contributed by atoms with van der Waals surface area (Å²) in [5.41, 5.74) is 2.54. The highest BCUT2D eigenvalue weighted by Gasteiger charge is 2.06. The molecule has 0 aliphatic heterocycles. The highest BCUT2D eigenvalue weighted by molar-refractivity contribution is 6.31. The van der Waals surface area contributed by atoms with Crippen molar-refractivity contribution in [3.8, 4) is 0 Å². The Bertz CT molecular complexity index is 482. The van der Waals surface area contributed by atoms with Crippen LogP contribution in [0.3, 0.4) is 0 Å². The van der Waals surface area contributed by atoms with Crippen molar-refractivity contribution in [1.29, 1.82) is 0 Å². The second kappa shape index (κ2) is 8.11. The van der Waals surface area contributed by atoms with Gasteiger partial charge in [0.25, 0.3) is 0 Å². The lowest BCUT2D eigenvalue weighted by Crippen LogP contribution is -2.25. The molecule has 1 aromatic carbocycles. The van der Waals surface area contributed by atoms with Crippen LogP contribution in [0.4, 0.5) is 0 Å². The molecule has 0 aromatic heterocycles. The Morgan fingerprint density at radius 2 is 2.05 bits per heavy atom. The monoisotopic (exact) mass is 291 g/mol. The van der Waals surface area contributed by atoms with Gasteiger partial charge < -0.3 is 5.32 Å². The number of carbonyl (C=O) groups excluding carboxylic acids is 1. The van der Waals surface area contributed by atoms with Crippen LogP contribution in [-0.4, -0.2) is 12.5 Å². The second-order valence-electron chi connectivity index (χ2n) is 5.30. The minimum Gasteiger partial charge on any atom is -0.356 e. The quantitative estimate of drug-likeness (QED) is 0.779. The van der Waals surface area contributed by atoms with E-state index < -0.39 is 0 Å². The van der Waals surface area contributed by atoms with Gasteiger partial charge in [-0.2, -0.15) is 0 Å². The molecule has 0 heterocycles. The fourth-order valence-electron chi connectivity index (χ4n) is 2.53. The summed E-state index contributed by atoms with van der Waals surface area (Å²) in [6.45, 7) is 0.757. The van der Waals surface area contributed by atoms with Gasteiger partial charge in [-0.05, 0) is 50.2 Å². The van der Waals surface area contributed by atoms with Crippen molar-refractivity contribution in [1.82, 2.24) is 5.32 Å². The zero-order chi connectivity index (χ0) is 14.2. The molecule has 0 bridgehead atoms. The number of hydrogen-bond donors (Lipinski definition) is 1. The van der Waals surface area contributed by atoms with Crippen molar-refractivity contribution in [3.63, 3.8) is 0 Å². The Hall–Kier alpha value is -1.28. The third-order valence-electron chi connectivity index (χ3n) is 3.73. The zero-order valence-electron chi connectivity index (χ0n) is 11.8. The molecule has 1 aliphatic rings. The van der Waals surface area contributed by atoms with Crippen LogP contribution in [0.25, 0.3) is 0 Å². The maximum Gasteiger partial charge on any atom is 0.220 e. The Balaban J connectivity index is 1.65. The molecule has 0 atom stereocenters. The molecule has 108 valence electrons. The lowest BCUT2D eigenvalue weighted by molar-refractivity contribution is -0.121. The number of rotatable bonds is 6. The van der Waals surface area contributed by atoms with Crippen molar-refractivity contribution in [2.75, 3.05) is 6.54 Å². The lowest BCUT2D eigenvalue weighted by atomic mass is 9.97. The van der Waals surface area contributed by atoms with Gasteiger partial charge >= 0.3 is 0 Å². The van der Waals surface area contributed by atoms with Gasteiger partial charge in [-0.3, -0.25) is 4.79 Å². The Kier molecular flexibility index (Phi) is 6.13. The number of hydrogen-bond acceptors (Lipinski definition) is 1. The topological polar surface area (TPSA) is 29.1 Å². The summed E-state index contributed by atoms with van der Waals surface area (Å²) in [5.74, 6) is 0.112. The fraction of sp³-hybridized carbons (Fsp3) is 0.471. The average Bonchev–Trinajstić information content (AvgIpc) is 2.47. The van der Waals surface area contributed by atoms with Crippen LogP contribution in [0.15, 0.2) is 35.9 Å². The number of halogens is 1. The normalized spacial score (nSPS) is 14.8. The molecule has 0 fully saturated rings. The van der Waals surface area contributed by atoms with E-state index in [1.165, 1.54) is 31.3 Å². The SMILES string of the molecule is O=C(CCc1ccccc1Cl)NCCC1=CCCCC1. The average molecular weight is 292 g/mol. The number of carbonyl (C=O) groups is 1. The largest absolute Gasteiger partial charge is 0.356 e. The van der Waals surface area contributed by atoms with E-state index in [0.717, 1.165) is 23.6 Å². The predicted octanol–water partition coefficient (Wildman–Crippen LogP) is 4.28. The zero-order valence-corrected chi connectivity index (χ0v) is 12.6. The molecule has 0 saturated carbocycles. The second-order valence-corrected chi connectivity index (χ2v) is 5.71. The van der Waals surface area contributed by atoms with E-state index in [-0.39, 0.29) is 5.91 Å². The molecule has 2 nitrogen and oxygen atoms in total. The molecule has 0 unspecified atom stereocenters. The summed E-state index contributed by atoms with van der Waals surface area (Å²) in [6.07, 6.45) is 9.56. The lowest BCUT2D eigenvalue weighted by Gasteiger charge is -2.13. The number of benzene rings is 1. The van der Waals surface area contributed by atoms with Crippen LogP contribution >= 0.6 is 11.6 Å². The number of allylic oxidation sites excluding steroid dienone is 1. The van der Waals surface area contributed by atoms with Crippen molar-refractivity contribution >= 4 is 17.5 Å². The first-order chi connectivity index (χ1) is 9.75. The van der Waals surface area contributed by atoms with Crippen molar-refractivity contribution in [3.05, 3.63) is 46.5 Å². The number of amides is 1. The van der Waals surface area contributed by atoms with Gasteiger partial charge in [-0.25, -0.2) is 0 Å². The van der Waals surface area contributed by atoms with Gasteiger partial charge in [0.15, 0.2) is 0 Å². The van der Waals surface area contributed by atoms with Gasteiger partial charge in [0.2, 0.25) is 5.91 Å². The Morgan fingerprint density at radius 1 is 1.20 bits per heavy atom. The molecule has 20 heavy (non-hydrogen) atoms. The molecule has 1 aliphatic carbocycles. The fourth-order valence-corrected chi connectivity index (χ4v) is 2.76. The summed E-state index contributed by atoms with van der Waals surface area (Å²) in [6, 6.07) is 7.70.